The Kier molecular flexibility index (Phi) is 5.22. The van der Waals surface area contributed by atoms with Crippen molar-refractivity contribution >= 4 is 17.7 Å². The molecule has 8 nitrogen and oxygen atoms in total. The van der Waals surface area contributed by atoms with Gasteiger partial charge in [0, 0.05) is 23.7 Å². The predicted octanol–water partition coefficient (Wildman–Crippen LogP) is 3.27. The van der Waals surface area contributed by atoms with Crippen molar-refractivity contribution in [3.05, 3.63) is 35.3 Å². The van der Waals surface area contributed by atoms with Crippen LogP contribution in [0.25, 0.3) is 0 Å². The van der Waals surface area contributed by atoms with E-state index < -0.39 is 57.7 Å². The van der Waals surface area contributed by atoms with E-state index in [2.05, 4.69) is 0 Å². The van der Waals surface area contributed by atoms with Crippen molar-refractivity contribution in [3.8, 4) is 0 Å². The van der Waals surface area contributed by atoms with Crippen molar-refractivity contribution in [2.45, 2.75) is 77.6 Å². The summed E-state index contributed by atoms with van der Waals surface area (Å²) in [6, 6.07) is 3.54. The first-order valence-electron chi connectivity index (χ1n) is 12.3. The van der Waals surface area contributed by atoms with E-state index in [-0.39, 0.29) is 25.2 Å². The molecule has 0 spiro atoms. The van der Waals surface area contributed by atoms with Crippen molar-refractivity contribution in [2.75, 3.05) is 7.11 Å². The number of carbonyl (C=O) groups is 3. The highest BCUT2D eigenvalue weighted by atomic mass is 16.6. The van der Waals surface area contributed by atoms with Crippen LogP contribution < -0.4 is 0 Å². The fourth-order valence-electron chi connectivity index (χ4n) is 8.02. The number of carbonyl (C=O) groups excluding carboxylic acids is 3. The van der Waals surface area contributed by atoms with Gasteiger partial charge in [0.1, 0.15) is 5.76 Å². The number of aliphatic hydroxyl groups excluding tert-OH is 1. The lowest BCUT2D eigenvalue weighted by molar-refractivity contribution is -0.226. The number of hydrogen-bond acceptors (Lipinski definition) is 8. The normalized spacial score (nSPS) is 42.1. The summed E-state index contributed by atoms with van der Waals surface area (Å²) in [6.45, 7) is 7.46. The van der Waals surface area contributed by atoms with Crippen LogP contribution in [0.15, 0.2) is 34.0 Å². The summed E-state index contributed by atoms with van der Waals surface area (Å²) >= 11 is 0. The maximum atomic E-state index is 13.9. The standard InChI is InChI=1S/C27H34O8/c1-24(2)18(12-19(28)33-5)26(4)15-8-9-25(3)16(14(15)13-27(32,22(24)30)23(26)31)11-20(29)35-21(25)17-7-6-10-34-17/h6-7,10,15,18,21-22,30,32H,8-9,11-13H2,1-5H3. The van der Waals surface area contributed by atoms with Gasteiger partial charge in [0.25, 0.3) is 0 Å². The SMILES string of the molecule is COC(=O)CC1C(C)(C)C(O)C2(O)CC3=C4CC(=O)OC(c5ccco5)C4(C)CCC3C1(C)C2=O. The largest absolute Gasteiger partial charge is 0.469 e. The molecule has 1 aromatic heterocycles. The molecule has 2 N–H and O–H groups in total. The lowest BCUT2D eigenvalue weighted by Crippen LogP contribution is -2.74. The van der Waals surface area contributed by atoms with Gasteiger partial charge in [-0.2, -0.15) is 0 Å². The van der Waals surface area contributed by atoms with Crippen LogP contribution in [-0.2, 0) is 23.9 Å². The van der Waals surface area contributed by atoms with Gasteiger partial charge >= 0.3 is 11.9 Å². The van der Waals surface area contributed by atoms with E-state index in [1.54, 1.807) is 32.2 Å². The summed E-state index contributed by atoms with van der Waals surface area (Å²) in [7, 11) is 1.30. The second-order valence-corrected chi connectivity index (χ2v) is 11.8. The van der Waals surface area contributed by atoms with Gasteiger partial charge in [-0.25, -0.2) is 0 Å². The van der Waals surface area contributed by atoms with Gasteiger partial charge in [0.2, 0.25) is 0 Å². The molecule has 8 heteroatoms. The molecule has 35 heavy (non-hydrogen) atoms. The fourth-order valence-corrected chi connectivity index (χ4v) is 8.02. The molecule has 1 aromatic rings. The topological polar surface area (TPSA) is 123 Å². The molecule has 0 amide bonds. The van der Waals surface area contributed by atoms with Gasteiger partial charge in [0.15, 0.2) is 17.5 Å². The number of ketones is 1. The summed E-state index contributed by atoms with van der Waals surface area (Å²) in [5.41, 5.74) is -2.94. The first kappa shape index (κ1) is 24.3. The number of fused-ring (bicyclic) bond motifs is 5. The lowest BCUT2D eigenvalue weighted by atomic mass is 9.39. The molecule has 0 radical (unpaired) electrons. The third-order valence-corrected chi connectivity index (χ3v) is 9.84. The zero-order chi connectivity index (χ0) is 25.6. The second-order valence-electron chi connectivity index (χ2n) is 11.8. The Bertz CT molecular complexity index is 1120. The summed E-state index contributed by atoms with van der Waals surface area (Å²) < 4.78 is 16.4. The van der Waals surface area contributed by atoms with Gasteiger partial charge in [0.05, 0.1) is 25.9 Å². The Morgan fingerprint density at radius 2 is 1.94 bits per heavy atom. The Morgan fingerprint density at radius 1 is 1.23 bits per heavy atom. The summed E-state index contributed by atoms with van der Waals surface area (Å²) in [5, 5.41) is 23.2. The first-order valence-corrected chi connectivity index (χ1v) is 12.3. The van der Waals surface area contributed by atoms with E-state index >= 15 is 0 Å². The molecular weight excluding hydrogens is 452 g/mol. The van der Waals surface area contributed by atoms with E-state index in [0.717, 1.165) is 11.1 Å². The molecule has 3 fully saturated rings. The maximum Gasteiger partial charge on any atom is 0.310 e. The number of ether oxygens (including phenoxy) is 2. The Hall–Kier alpha value is -2.45. The maximum absolute atomic E-state index is 13.9. The molecule has 190 valence electrons. The number of aliphatic hydroxyl groups is 2. The molecule has 3 aliphatic carbocycles. The fraction of sp³-hybridized carbons (Fsp3) is 0.667. The number of methoxy groups -OCH3 is 1. The molecular formula is C27H34O8. The second kappa shape index (κ2) is 7.53. The number of esters is 2. The van der Waals surface area contributed by atoms with E-state index in [9.17, 15) is 24.6 Å². The van der Waals surface area contributed by atoms with Crippen LogP contribution in [0.2, 0.25) is 0 Å². The number of furan rings is 1. The molecule has 7 unspecified atom stereocenters. The highest BCUT2D eigenvalue weighted by Crippen LogP contribution is 2.68. The number of cyclic esters (lactones) is 1. The highest BCUT2D eigenvalue weighted by Gasteiger charge is 2.72. The van der Waals surface area contributed by atoms with Gasteiger partial charge in [-0.1, -0.05) is 33.3 Å². The predicted molar refractivity (Wildman–Crippen MR) is 123 cm³/mol. The van der Waals surface area contributed by atoms with Crippen LogP contribution in [0.5, 0.6) is 0 Å². The van der Waals surface area contributed by atoms with Gasteiger partial charge in [-0.15, -0.1) is 0 Å². The lowest BCUT2D eigenvalue weighted by Gasteiger charge is -2.65. The zero-order valence-corrected chi connectivity index (χ0v) is 20.9. The van der Waals surface area contributed by atoms with Crippen LogP contribution in [0, 0.1) is 28.1 Å². The number of rotatable bonds is 3. The van der Waals surface area contributed by atoms with Crippen molar-refractivity contribution in [2.24, 2.45) is 28.1 Å². The molecule has 7 atom stereocenters. The van der Waals surface area contributed by atoms with Crippen LogP contribution in [0.4, 0.5) is 0 Å². The van der Waals surface area contributed by atoms with Crippen molar-refractivity contribution in [1.29, 1.82) is 0 Å². The number of hydrogen-bond donors (Lipinski definition) is 2. The molecule has 5 rings (SSSR count). The van der Waals surface area contributed by atoms with Gasteiger partial charge in [-0.3, -0.25) is 14.4 Å². The summed E-state index contributed by atoms with van der Waals surface area (Å²) in [4.78, 5) is 39.2. The molecule has 2 saturated carbocycles. The molecule has 2 bridgehead atoms. The monoisotopic (exact) mass is 486 g/mol. The molecule has 1 saturated heterocycles. The van der Waals surface area contributed by atoms with Gasteiger partial charge < -0.3 is 24.1 Å². The van der Waals surface area contributed by atoms with Crippen LogP contribution >= 0.6 is 0 Å². The smallest absolute Gasteiger partial charge is 0.310 e. The Balaban J connectivity index is 1.71. The van der Waals surface area contributed by atoms with Crippen molar-refractivity contribution < 1.29 is 38.5 Å². The molecule has 1 aliphatic heterocycles. The Labute approximate surface area is 204 Å². The first-order chi connectivity index (χ1) is 16.3. The van der Waals surface area contributed by atoms with E-state index in [0.29, 0.717) is 18.6 Å². The highest BCUT2D eigenvalue weighted by molar-refractivity contribution is 5.97. The molecule has 0 aromatic carbocycles. The van der Waals surface area contributed by atoms with E-state index in [1.165, 1.54) is 7.11 Å². The summed E-state index contributed by atoms with van der Waals surface area (Å²) in [6.07, 6.45) is 0.774. The third kappa shape index (κ3) is 3.02. The third-order valence-electron chi connectivity index (χ3n) is 9.84. The van der Waals surface area contributed by atoms with Crippen molar-refractivity contribution in [1.82, 2.24) is 0 Å². The Morgan fingerprint density at radius 3 is 2.57 bits per heavy atom. The zero-order valence-electron chi connectivity index (χ0n) is 20.9. The molecule has 4 aliphatic rings. The van der Waals surface area contributed by atoms with Crippen LogP contribution in [-0.4, -0.2) is 46.7 Å². The van der Waals surface area contributed by atoms with Crippen LogP contribution in [0.3, 0.4) is 0 Å². The minimum Gasteiger partial charge on any atom is -0.469 e. The van der Waals surface area contributed by atoms with E-state index in [1.807, 2.05) is 13.8 Å². The average Bonchev–Trinajstić information content (AvgIpc) is 3.34. The van der Waals surface area contributed by atoms with Crippen LogP contribution in [0.1, 0.15) is 71.7 Å². The summed E-state index contributed by atoms with van der Waals surface area (Å²) in [5.74, 6) is -1.56. The van der Waals surface area contributed by atoms with Crippen molar-refractivity contribution in [3.63, 3.8) is 0 Å². The minimum absolute atomic E-state index is 0.0370. The minimum atomic E-state index is -2.01. The van der Waals surface area contributed by atoms with Gasteiger partial charge in [-0.05, 0) is 47.8 Å². The number of Topliss-reactive ketones (excluding diaryl/α,β-unsaturated/α-hetero) is 1. The van der Waals surface area contributed by atoms with E-state index in [4.69, 9.17) is 13.9 Å². The quantitative estimate of drug-likeness (QED) is 0.493. The molecule has 2 heterocycles. The average molecular weight is 487 g/mol.